The predicted molar refractivity (Wildman–Crippen MR) is 103 cm³/mol. The highest BCUT2D eigenvalue weighted by Gasteiger charge is 1.94. The molecule has 0 radical (unpaired) electrons. The molecule has 0 aliphatic carbocycles. The van der Waals surface area contributed by atoms with E-state index in [1.54, 1.807) is 0 Å². The Balaban J connectivity index is 2.91. The zero-order valence-corrected chi connectivity index (χ0v) is 15.9. The van der Waals surface area contributed by atoms with Gasteiger partial charge in [0.25, 0.3) is 0 Å². The Labute approximate surface area is 142 Å². The number of rotatable bonds is 19. The molecule has 0 aliphatic heterocycles. The molecule has 0 heterocycles. The summed E-state index contributed by atoms with van der Waals surface area (Å²) in [6, 6.07) is 0. The van der Waals surface area contributed by atoms with Crippen molar-refractivity contribution in [3.8, 4) is 0 Å². The van der Waals surface area contributed by atoms with Gasteiger partial charge in [-0.05, 0) is 25.9 Å². The van der Waals surface area contributed by atoms with Crippen molar-refractivity contribution in [2.45, 2.75) is 123 Å². The van der Waals surface area contributed by atoms with Gasteiger partial charge in [0.15, 0.2) is 0 Å². The average Bonchev–Trinajstić information content (AvgIpc) is 2.54. The zero-order valence-electron chi connectivity index (χ0n) is 15.9. The highest BCUT2D eigenvalue weighted by molar-refractivity contribution is 4.52. The number of hydrogen-bond acceptors (Lipinski definition) is 1. The molecule has 0 unspecified atom stereocenters. The van der Waals surface area contributed by atoms with E-state index in [0.717, 1.165) is 0 Å². The van der Waals surface area contributed by atoms with Crippen molar-refractivity contribution >= 4 is 0 Å². The van der Waals surface area contributed by atoms with E-state index in [1.807, 2.05) is 0 Å². The Kier molecular flexibility index (Phi) is 20.9. The van der Waals surface area contributed by atoms with Crippen LogP contribution in [0.25, 0.3) is 0 Å². The highest BCUT2D eigenvalue weighted by Crippen LogP contribution is 2.09. The molecule has 0 aromatic heterocycles. The summed E-state index contributed by atoms with van der Waals surface area (Å²) in [5.41, 5.74) is 0. The van der Waals surface area contributed by atoms with Gasteiger partial charge in [0, 0.05) is 0 Å². The highest BCUT2D eigenvalue weighted by atomic mass is 14.8. The molecule has 0 aliphatic rings. The van der Waals surface area contributed by atoms with E-state index in [2.05, 4.69) is 19.2 Å². The molecule has 0 atom stereocenters. The molecule has 0 saturated heterocycles. The van der Waals surface area contributed by atoms with Gasteiger partial charge in [0.05, 0.1) is 0 Å². The first kappa shape index (κ1) is 22.0. The molecule has 0 amide bonds. The van der Waals surface area contributed by atoms with Gasteiger partial charge >= 0.3 is 0 Å². The van der Waals surface area contributed by atoms with Crippen LogP contribution in [0.4, 0.5) is 0 Å². The molecular formula is C21H45N. The van der Waals surface area contributed by atoms with Crippen LogP contribution in [0, 0.1) is 0 Å². The first-order valence-corrected chi connectivity index (χ1v) is 10.6. The smallest absolute Gasteiger partial charge is 0.00489 e. The van der Waals surface area contributed by atoms with Crippen LogP contribution in [0.3, 0.4) is 0 Å². The largest absolute Gasteiger partial charge is 0.317 e. The molecule has 0 aromatic carbocycles. The van der Waals surface area contributed by atoms with Crippen LogP contribution in [0.2, 0.25) is 0 Å². The Morgan fingerprint density at radius 2 is 0.636 bits per heavy atom. The lowest BCUT2D eigenvalue weighted by Gasteiger charge is -2.05. The van der Waals surface area contributed by atoms with Gasteiger partial charge < -0.3 is 5.32 Å². The molecule has 1 heteroatoms. The standard InChI is InChI=1S/C21H45N/c1-3-5-7-9-11-13-15-17-19-21-22-20-18-16-14-12-10-8-6-4-2/h22H,3-21H2,1-2H3. The van der Waals surface area contributed by atoms with Crippen LogP contribution in [-0.2, 0) is 0 Å². The first-order valence-electron chi connectivity index (χ1n) is 10.6. The molecule has 0 bridgehead atoms. The minimum atomic E-state index is 1.24. The third kappa shape index (κ3) is 20.0. The van der Waals surface area contributed by atoms with E-state index in [-0.39, 0.29) is 0 Å². The summed E-state index contributed by atoms with van der Waals surface area (Å²) in [6.45, 7) is 7.07. The first-order chi connectivity index (χ1) is 10.9. The second-order valence-electron chi connectivity index (χ2n) is 7.05. The van der Waals surface area contributed by atoms with Crippen LogP contribution < -0.4 is 5.32 Å². The van der Waals surface area contributed by atoms with Gasteiger partial charge in [-0.1, -0.05) is 110 Å². The fourth-order valence-electron chi connectivity index (χ4n) is 3.07. The van der Waals surface area contributed by atoms with Crippen molar-refractivity contribution < 1.29 is 0 Å². The van der Waals surface area contributed by atoms with Crippen LogP contribution in [0.1, 0.15) is 123 Å². The van der Waals surface area contributed by atoms with Gasteiger partial charge in [-0.15, -0.1) is 0 Å². The molecule has 0 aromatic rings. The lowest BCUT2D eigenvalue weighted by atomic mass is 10.1. The number of hydrogen-bond donors (Lipinski definition) is 1. The summed E-state index contributed by atoms with van der Waals surface area (Å²) in [4.78, 5) is 0. The number of nitrogens with one attached hydrogen (secondary N) is 1. The Morgan fingerprint density at radius 3 is 0.955 bits per heavy atom. The summed E-state index contributed by atoms with van der Waals surface area (Å²) >= 11 is 0. The summed E-state index contributed by atoms with van der Waals surface area (Å²) < 4.78 is 0. The van der Waals surface area contributed by atoms with Crippen LogP contribution in [-0.4, -0.2) is 13.1 Å². The maximum atomic E-state index is 3.62. The fraction of sp³-hybridized carbons (Fsp3) is 1.00. The van der Waals surface area contributed by atoms with Crippen molar-refractivity contribution in [2.75, 3.05) is 13.1 Å². The average molecular weight is 312 g/mol. The lowest BCUT2D eigenvalue weighted by Crippen LogP contribution is -2.16. The molecule has 1 N–H and O–H groups in total. The normalized spacial score (nSPS) is 11.2. The second-order valence-corrected chi connectivity index (χ2v) is 7.05. The van der Waals surface area contributed by atoms with E-state index >= 15 is 0 Å². The molecule has 0 fully saturated rings. The zero-order chi connectivity index (χ0) is 16.1. The van der Waals surface area contributed by atoms with Crippen molar-refractivity contribution in [1.29, 1.82) is 0 Å². The Morgan fingerprint density at radius 1 is 0.364 bits per heavy atom. The maximum absolute atomic E-state index is 3.62. The van der Waals surface area contributed by atoms with E-state index < -0.39 is 0 Å². The Bertz CT molecular complexity index is 159. The predicted octanol–water partition coefficient (Wildman–Crippen LogP) is 7.25. The molecular weight excluding hydrogens is 266 g/mol. The molecule has 1 nitrogen and oxygen atoms in total. The van der Waals surface area contributed by atoms with Crippen LogP contribution >= 0.6 is 0 Å². The number of unbranched alkanes of at least 4 members (excludes halogenated alkanes) is 15. The summed E-state index contributed by atoms with van der Waals surface area (Å²) in [5, 5.41) is 3.62. The summed E-state index contributed by atoms with van der Waals surface area (Å²) in [6.07, 6.45) is 24.3. The van der Waals surface area contributed by atoms with Crippen molar-refractivity contribution in [3.63, 3.8) is 0 Å². The molecule has 134 valence electrons. The minimum absolute atomic E-state index is 1.24. The van der Waals surface area contributed by atoms with Crippen molar-refractivity contribution in [2.24, 2.45) is 0 Å². The second kappa shape index (κ2) is 21.0. The van der Waals surface area contributed by atoms with Crippen LogP contribution in [0.5, 0.6) is 0 Å². The molecule has 0 saturated carbocycles. The van der Waals surface area contributed by atoms with E-state index in [0.29, 0.717) is 0 Å². The van der Waals surface area contributed by atoms with Crippen molar-refractivity contribution in [3.05, 3.63) is 0 Å². The topological polar surface area (TPSA) is 12.0 Å². The van der Waals surface area contributed by atoms with Crippen LogP contribution in [0.15, 0.2) is 0 Å². The van der Waals surface area contributed by atoms with Gasteiger partial charge in [0.2, 0.25) is 0 Å². The van der Waals surface area contributed by atoms with Gasteiger partial charge in [-0.2, -0.15) is 0 Å². The SMILES string of the molecule is CCCCCCCCCCCNCCCCCCCCCC. The van der Waals surface area contributed by atoms with Gasteiger partial charge in [0.1, 0.15) is 0 Å². The van der Waals surface area contributed by atoms with E-state index in [4.69, 9.17) is 0 Å². The monoisotopic (exact) mass is 311 g/mol. The minimum Gasteiger partial charge on any atom is -0.317 e. The van der Waals surface area contributed by atoms with Gasteiger partial charge in [-0.25, -0.2) is 0 Å². The third-order valence-corrected chi connectivity index (χ3v) is 4.66. The molecule has 0 rings (SSSR count). The Hall–Kier alpha value is -0.0400. The lowest BCUT2D eigenvalue weighted by molar-refractivity contribution is 0.530. The van der Waals surface area contributed by atoms with Crippen molar-refractivity contribution in [1.82, 2.24) is 5.32 Å². The summed E-state index contributed by atoms with van der Waals surface area (Å²) in [5.74, 6) is 0. The van der Waals surface area contributed by atoms with Gasteiger partial charge in [-0.3, -0.25) is 0 Å². The van der Waals surface area contributed by atoms with E-state index in [9.17, 15) is 0 Å². The molecule has 0 spiro atoms. The third-order valence-electron chi connectivity index (χ3n) is 4.66. The molecule has 22 heavy (non-hydrogen) atoms. The fourth-order valence-corrected chi connectivity index (χ4v) is 3.07. The maximum Gasteiger partial charge on any atom is -0.00489 e. The summed E-state index contributed by atoms with van der Waals surface area (Å²) in [7, 11) is 0. The van der Waals surface area contributed by atoms with E-state index in [1.165, 1.54) is 122 Å². The quantitative estimate of drug-likeness (QED) is 0.248.